The van der Waals surface area contributed by atoms with Crippen LogP contribution in [0.3, 0.4) is 0 Å². The van der Waals surface area contributed by atoms with Crippen LogP contribution in [0, 0.1) is 0 Å². The fourth-order valence-electron chi connectivity index (χ4n) is 5.74. The van der Waals surface area contributed by atoms with Crippen molar-refractivity contribution in [2.75, 3.05) is 37.6 Å². The Labute approximate surface area is 232 Å². The van der Waals surface area contributed by atoms with Crippen LogP contribution in [0.1, 0.15) is 82.0 Å². The lowest BCUT2D eigenvalue weighted by atomic mass is 9.95. The first kappa shape index (κ1) is 27.1. The smallest absolute Gasteiger partial charge is 0.253 e. The van der Waals surface area contributed by atoms with Gasteiger partial charge in [-0.3, -0.25) is 14.6 Å². The molecule has 1 fully saturated rings. The molecule has 0 spiro atoms. The number of aromatic nitrogens is 1. The topological polar surface area (TPSA) is 65.5 Å². The van der Waals surface area contributed by atoms with E-state index in [-0.39, 0.29) is 11.7 Å². The molecule has 1 N–H and O–H groups in total. The number of hydrogen-bond donors (Lipinski definition) is 1. The molecule has 1 amide bonds. The second-order valence-corrected chi connectivity index (χ2v) is 11.2. The molecule has 3 heterocycles. The lowest BCUT2D eigenvalue weighted by Crippen LogP contribution is -2.34. The number of fused-ring (bicyclic) bond motifs is 1. The summed E-state index contributed by atoms with van der Waals surface area (Å²) in [5.41, 5.74) is 6.93. The van der Waals surface area contributed by atoms with Crippen molar-refractivity contribution in [2.24, 2.45) is 0 Å². The highest BCUT2D eigenvalue weighted by Gasteiger charge is 2.23. The fourth-order valence-corrected chi connectivity index (χ4v) is 5.74. The van der Waals surface area contributed by atoms with Crippen molar-refractivity contribution < 1.29 is 9.59 Å². The number of rotatable bonds is 10. The maximum atomic E-state index is 13.2. The summed E-state index contributed by atoms with van der Waals surface area (Å²) in [6, 6.07) is 16.3. The van der Waals surface area contributed by atoms with Gasteiger partial charge in [0.2, 0.25) is 0 Å². The Morgan fingerprint density at radius 3 is 2.64 bits per heavy atom. The zero-order valence-electron chi connectivity index (χ0n) is 23.3. The van der Waals surface area contributed by atoms with Crippen LogP contribution in [0.15, 0.2) is 60.9 Å². The molecule has 0 aliphatic carbocycles. The minimum atomic E-state index is -0.0247. The largest absolute Gasteiger partial charge is 0.367 e. The molecule has 2 aliphatic heterocycles. The number of nitrogens with one attached hydrogen (secondary N) is 1. The first-order valence-electron chi connectivity index (χ1n) is 14.4. The van der Waals surface area contributed by atoms with Gasteiger partial charge >= 0.3 is 0 Å². The Kier molecular flexibility index (Phi) is 8.72. The summed E-state index contributed by atoms with van der Waals surface area (Å²) in [5.74, 6) is 0.537. The summed E-state index contributed by atoms with van der Waals surface area (Å²) < 4.78 is 0. The third-order valence-corrected chi connectivity index (χ3v) is 8.04. The zero-order valence-corrected chi connectivity index (χ0v) is 23.3. The van der Waals surface area contributed by atoms with Crippen LogP contribution in [-0.4, -0.2) is 54.3 Å². The summed E-state index contributed by atoms with van der Waals surface area (Å²) in [6.07, 6.45) is 8.31. The second kappa shape index (κ2) is 12.6. The summed E-state index contributed by atoms with van der Waals surface area (Å²) in [5, 5.41) is 3.11. The van der Waals surface area contributed by atoms with Gasteiger partial charge in [-0.1, -0.05) is 50.2 Å². The molecule has 39 heavy (non-hydrogen) atoms. The molecule has 6 nitrogen and oxygen atoms in total. The normalized spacial score (nSPS) is 15.4. The SMILES string of the molecule is CC(C)c1cccc(CC(=O)c2cccc(N3CCc4c(cncc4C(=O)NCCCN4CCCC4)C3)c2)c1. The van der Waals surface area contributed by atoms with Crippen LogP contribution in [0.5, 0.6) is 0 Å². The van der Waals surface area contributed by atoms with E-state index in [1.807, 2.05) is 36.5 Å². The molecule has 204 valence electrons. The molecule has 3 aromatic rings. The molecular formula is C33H40N4O2. The van der Waals surface area contributed by atoms with E-state index in [1.54, 1.807) is 6.20 Å². The molecule has 0 saturated carbocycles. The van der Waals surface area contributed by atoms with E-state index in [9.17, 15) is 9.59 Å². The van der Waals surface area contributed by atoms with Crippen LogP contribution in [-0.2, 0) is 19.4 Å². The highest BCUT2D eigenvalue weighted by Crippen LogP contribution is 2.27. The number of pyridine rings is 1. The molecule has 1 saturated heterocycles. The minimum Gasteiger partial charge on any atom is -0.367 e. The zero-order chi connectivity index (χ0) is 27.2. The summed E-state index contributed by atoms with van der Waals surface area (Å²) in [6.45, 7) is 9.91. The highest BCUT2D eigenvalue weighted by atomic mass is 16.1. The number of anilines is 1. The van der Waals surface area contributed by atoms with Crippen molar-refractivity contribution >= 4 is 17.4 Å². The summed E-state index contributed by atoms with van der Waals surface area (Å²) in [7, 11) is 0. The molecule has 2 aliphatic rings. The Morgan fingerprint density at radius 1 is 1.00 bits per heavy atom. The van der Waals surface area contributed by atoms with Crippen molar-refractivity contribution in [3.05, 3.63) is 94.3 Å². The molecule has 5 rings (SSSR count). The van der Waals surface area contributed by atoms with E-state index in [1.165, 1.54) is 31.5 Å². The Bertz CT molecular complexity index is 1310. The number of ketones is 1. The van der Waals surface area contributed by atoms with Crippen LogP contribution < -0.4 is 10.2 Å². The number of nitrogens with zero attached hydrogens (tertiary/aromatic N) is 3. The van der Waals surface area contributed by atoms with Crippen molar-refractivity contribution in [1.29, 1.82) is 0 Å². The van der Waals surface area contributed by atoms with E-state index in [0.29, 0.717) is 31.0 Å². The number of carbonyl (C=O) groups is 2. The maximum absolute atomic E-state index is 13.2. The monoisotopic (exact) mass is 524 g/mol. The first-order chi connectivity index (χ1) is 19.0. The standard InChI is InChI=1S/C33H40N4O2/c1-24(2)26-9-5-8-25(18-26)19-32(38)27-10-6-11-29(20-27)37-17-12-30-28(23-37)21-34-22-31(30)33(39)35-13-7-16-36-14-3-4-15-36/h5-6,8-11,18,20-22,24H,3-4,7,12-17,19,23H2,1-2H3,(H,35,39). The molecule has 0 bridgehead atoms. The average molecular weight is 525 g/mol. The lowest BCUT2D eigenvalue weighted by Gasteiger charge is -2.31. The number of hydrogen-bond acceptors (Lipinski definition) is 5. The van der Waals surface area contributed by atoms with Crippen molar-refractivity contribution in [3.8, 4) is 0 Å². The number of likely N-dealkylation sites (tertiary alicyclic amines) is 1. The minimum absolute atomic E-state index is 0.0247. The molecular weight excluding hydrogens is 484 g/mol. The Hall–Kier alpha value is -3.51. The van der Waals surface area contributed by atoms with Gasteiger partial charge in [0, 0.05) is 49.7 Å². The van der Waals surface area contributed by atoms with E-state index in [4.69, 9.17) is 0 Å². The maximum Gasteiger partial charge on any atom is 0.253 e. The van der Waals surface area contributed by atoms with Gasteiger partial charge in [0.05, 0.1) is 5.56 Å². The lowest BCUT2D eigenvalue weighted by molar-refractivity contribution is 0.0949. The predicted molar refractivity (Wildman–Crippen MR) is 157 cm³/mol. The quantitative estimate of drug-likeness (QED) is 0.284. The molecule has 6 heteroatoms. The molecule has 0 atom stereocenters. The van der Waals surface area contributed by atoms with Crippen LogP contribution in [0.25, 0.3) is 0 Å². The van der Waals surface area contributed by atoms with Gasteiger partial charge < -0.3 is 15.1 Å². The first-order valence-corrected chi connectivity index (χ1v) is 14.4. The van der Waals surface area contributed by atoms with Gasteiger partial charge in [0.25, 0.3) is 5.91 Å². The number of carbonyl (C=O) groups excluding carboxylic acids is 2. The second-order valence-electron chi connectivity index (χ2n) is 11.2. The number of benzene rings is 2. The van der Waals surface area contributed by atoms with Crippen LogP contribution >= 0.6 is 0 Å². The van der Waals surface area contributed by atoms with Gasteiger partial charge in [0.15, 0.2) is 5.78 Å². The van der Waals surface area contributed by atoms with E-state index in [0.717, 1.165) is 53.9 Å². The van der Waals surface area contributed by atoms with Crippen molar-refractivity contribution in [2.45, 2.75) is 58.4 Å². The summed E-state index contributed by atoms with van der Waals surface area (Å²) >= 11 is 0. The van der Waals surface area contributed by atoms with Gasteiger partial charge in [-0.2, -0.15) is 0 Å². The van der Waals surface area contributed by atoms with E-state index >= 15 is 0 Å². The Balaban J connectivity index is 1.21. The predicted octanol–water partition coefficient (Wildman–Crippen LogP) is 5.41. The third kappa shape index (κ3) is 6.74. The van der Waals surface area contributed by atoms with Gasteiger partial charge in [0.1, 0.15) is 0 Å². The molecule has 0 unspecified atom stereocenters. The number of amides is 1. The summed E-state index contributed by atoms with van der Waals surface area (Å²) in [4.78, 5) is 35.3. The fraction of sp³-hybridized carbons (Fsp3) is 0.424. The molecule has 0 radical (unpaired) electrons. The van der Waals surface area contributed by atoms with Crippen LogP contribution in [0.4, 0.5) is 5.69 Å². The van der Waals surface area contributed by atoms with E-state index < -0.39 is 0 Å². The molecule has 1 aromatic heterocycles. The highest BCUT2D eigenvalue weighted by molar-refractivity contribution is 5.98. The number of Topliss-reactive ketones (excluding diaryl/α,β-unsaturated/α-hetero) is 1. The van der Waals surface area contributed by atoms with Crippen molar-refractivity contribution in [1.82, 2.24) is 15.2 Å². The van der Waals surface area contributed by atoms with E-state index in [2.05, 4.69) is 52.1 Å². The van der Waals surface area contributed by atoms with Crippen LogP contribution in [0.2, 0.25) is 0 Å². The Morgan fingerprint density at radius 2 is 1.82 bits per heavy atom. The molecule has 2 aromatic carbocycles. The van der Waals surface area contributed by atoms with Gasteiger partial charge in [-0.25, -0.2) is 0 Å². The van der Waals surface area contributed by atoms with Gasteiger partial charge in [-0.15, -0.1) is 0 Å². The third-order valence-electron chi connectivity index (χ3n) is 8.04. The van der Waals surface area contributed by atoms with Crippen molar-refractivity contribution in [3.63, 3.8) is 0 Å². The van der Waals surface area contributed by atoms with Gasteiger partial charge in [-0.05, 0) is 85.6 Å². The average Bonchev–Trinajstić information content (AvgIpc) is 3.48.